The number of benzene rings is 1. The highest BCUT2D eigenvalue weighted by molar-refractivity contribution is 5.89. The number of aromatic amines is 1. The smallest absolute Gasteiger partial charge is 0.313 e. The highest BCUT2D eigenvalue weighted by Gasteiger charge is 2.36. The molecule has 0 bridgehead atoms. The average molecular weight is 258 g/mol. The molecule has 4 nitrogen and oxygen atoms in total. The van der Waals surface area contributed by atoms with E-state index in [-0.39, 0.29) is 5.41 Å². The number of carboxylic acids is 1. The van der Waals surface area contributed by atoms with Crippen LogP contribution in [0.4, 0.5) is 0 Å². The third-order valence-corrected chi connectivity index (χ3v) is 3.97. The number of nitrogens with one attached hydrogen (secondary N) is 2. The third kappa shape index (κ3) is 1.83. The van der Waals surface area contributed by atoms with Crippen LogP contribution in [0.2, 0.25) is 0 Å². The molecule has 1 aliphatic rings. The molecule has 100 valence electrons. The standard InChI is InChI=1S/C15H18N2O2/c1-15(2)8-16-7-10(14(18)19)13-12(15)9-5-3-4-6-11(9)17-13/h3-6,10,16-17H,7-8H2,1-2H3,(H,18,19). The molecule has 3 rings (SSSR count). The fourth-order valence-corrected chi connectivity index (χ4v) is 3.08. The maximum atomic E-state index is 11.5. The number of aliphatic carboxylic acids is 1. The second-order valence-corrected chi connectivity index (χ2v) is 5.86. The van der Waals surface area contributed by atoms with Crippen LogP contribution in [0.1, 0.15) is 31.0 Å². The van der Waals surface area contributed by atoms with E-state index >= 15 is 0 Å². The van der Waals surface area contributed by atoms with Crippen molar-refractivity contribution >= 4 is 16.9 Å². The van der Waals surface area contributed by atoms with Gasteiger partial charge in [-0.3, -0.25) is 4.79 Å². The van der Waals surface area contributed by atoms with Gasteiger partial charge in [0, 0.05) is 35.1 Å². The molecular formula is C15H18N2O2. The molecule has 0 fully saturated rings. The Hall–Kier alpha value is -1.81. The van der Waals surface area contributed by atoms with E-state index in [9.17, 15) is 9.90 Å². The lowest BCUT2D eigenvalue weighted by Crippen LogP contribution is -2.32. The Bertz CT molecular complexity index is 643. The lowest BCUT2D eigenvalue weighted by atomic mass is 9.81. The maximum Gasteiger partial charge on any atom is 0.313 e. The number of hydrogen-bond donors (Lipinski definition) is 3. The van der Waals surface area contributed by atoms with Gasteiger partial charge >= 0.3 is 5.97 Å². The molecule has 2 heterocycles. The topological polar surface area (TPSA) is 65.1 Å². The van der Waals surface area contributed by atoms with Gasteiger partial charge in [0.25, 0.3) is 0 Å². The van der Waals surface area contributed by atoms with Gasteiger partial charge in [-0.1, -0.05) is 32.0 Å². The normalized spacial score (nSPS) is 21.9. The molecule has 1 aromatic carbocycles. The van der Waals surface area contributed by atoms with Crippen molar-refractivity contribution in [2.24, 2.45) is 0 Å². The predicted octanol–water partition coefficient (Wildman–Crippen LogP) is 2.22. The molecule has 1 aromatic heterocycles. The molecule has 0 saturated heterocycles. The summed E-state index contributed by atoms with van der Waals surface area (Å²) in [6.45, 7) is 5.57. The molecule has 0 saturated carbocycles. The summed E-state index contributed by atoms with van der Waals surface area (Å²) in [7, 11) is 0. The van der Waals surface area contributed by atoms with E-state index in [0.29, 0.717) is 6.54 Å². The van der Waals surface area contributed by atoms with Crippen molar-refractivity contribution in [2.75, 3.05) is 13.1 Å². The van der Waals surface area contributed by atoms with Crippen molar-refractivity contribution in [3.63, 3.8) is 0 Å². The van der Waals surface area contributed by atoms with Gasteiger partial charge < -0.3 is 15.4 Å². The van der Waals surface area contributed by atoms with E-state index in [2.05, 4.69) is 30.2 Å². The number of hydrogen-bond acceptors (Lipinski definition) is 2. The molecule has 1 unspecified atom stereocenters. The van der Waals surface area contributed by atoms with Crippen LogP contribution in [0.5, 0.6) is 0 Å². The monoisotopic (exact) mass is 258 g/mol. The first-order chi connectivity index (χ1) is 9.00. The predicted molar refractivity (Wildman–Crippen MR) is 74.6 cm³/mol. The lowest BCUT2D eigenvalue weighted by Gasteiger charge is -2.24. The summed E-state index contributed by atoms with van der Waals surface area (Å²) in [6.07, 6.45) is 0. The Labute approximate surface area is 111 Å². The summed E-state index contributed by atoms with van der Waals surface area (Å²) >= 11 is 0. The van der Waals surface area contributed by atoms with Gasteiger partial charge in [0.2, 0.25) is 0 Å². The molecule has 0 radical (unpaired) electrons. The van der Waals surface area contributed by atoms with Crippen LogP contribution in [-0.4, -0.2) is 29.1 Å². The number of carboxylic acid groups (broad SMARTS) is 1. The summed E-state index contributed by atoms with van der Waals surface area (Å²) in [5.41, 5.74) is 2.93. The Morgan fingerprint density at radius 3 is 2.84 bits per heavy atom. The maximum absolute atomic E-state index is 11.5. The van der Waals surface area contributed by atoms with Gasteiger partial charge in [0.15, 0.2) is 0 Å². The first kappa shape index (κ1) is 12.2. The van der Waals surface area contributed by atoms with Gasteiger partial charge in [-0.2, -0.15) is 0 Å². The van der Waals surface area contributed by atoms with E-state index in [4.69, 9.17) is 0 Å². The minimum absolute atomic E-state index is 0.0842. The van der Waals surface area contributed by atoms with Crippen LogP contribution in [-0.2, 0) is 10.2 Å². The number of fused-ring (bicyclic) bond motifs is 3. The second-order valence-electron chi connectivity index (χ2n) is 5.86. The summed E-state index contributed by atoms with van der Waals surface area (Å²) in [5.74, 6) is -1.29. The van der Waals surface area contributed by atoms with Crippen molar-refractivity contribution in [3.8, 4) is 0 Å². The quantitative estimate of drug-likeness (QED) is 0.735. The zero-order valence-electron chi connectivity index (χ0n) is 11.2. The van der Waals surface area contributed by atoms with E-state index in [1.54, 1.807) is 0 Å². The number of H-pyrrole nitrogens is 1. The minimum atomic E-state index is -0.780. The summed E-state index contributed by atoms with van der Waals surface area (Å²) < 4.78 is 0. The van der Waals surface area contributed by atoms with Crippen LogP contribution in [0, 0.1) is 0 Å². The largest absolute Gasteiger partial charge is 0.481 e. The Balaban J connectivity index is 2.33. The van der Waals surface area contributed by atoms with Gasteiger partial charge in [0.1, 0.15) is 5.92 Å². The lowest BCUT2D eigenvalue weighted by molar-refractivity contribution is -0.138. The minimum Gasteiger partial charge on any atom is -0.481 e. The number of rotatable bonds is 1. The molecule has 4 heteroatoms. The molecule has 1 atom stereocenters. The highest BCUT2D eigenvalue weighted by Crippen LogP contribution is 2.38. The van der Waals surface area contributed by atoms with Gasteiger partial charge in [-0.25, -0.2) is 0 Å². The second kappa shape index (κ2) is 4.10. The number of carbonyl (C=O) groups is 1. The molecule has 19 heavy (non-hydrogen) atoms. The van der Waals surface area contributed by atoms with Crippen molar-refractivity contribution in [1.29, 1.82) is 0 Å². The van der Waals surface area contributed by atoms with Gasteiger partial charge in [-0.05, 0) is 11.6 Å². The first-order valence-corrected chi connectivity index (χ1v) is 6.55. The Kier molecular flexibility index (Phi) is 2.64. The van der Waals surface area contributed by atoms with Crippen LogP contribution in [0.3, 0.4) is 0 Å². The van der Waals surface area contributed by atoms with Crippen LogP contribution < -0.4 is 5.32 Å². The SMILES string of the molecule is CC1(C)CNCC(C(=O)O)c2[nH]c3ccccc3c21. The summed E-state index contributed by atoms with van der Waals surface area (Å²) in [6, 6.07) is 8.04. The average Bonchev–Trinajstić information content (AvgIpc) is 2.67. The Morgan fingerprint density at radius 2 is 2.11 bits per heavy atom. The highest BCUT2D eigenvalue weighted by atomic mass is 16.4. The first-order valence-electron chi connectivity index (χ1n) is 6.55. The summed E-state index contributed by atoms with van der Waals surface area (Å²) in [4.78, 5) is 14.8. The van der Waals surface area contributed by atoms with Gasteiger partial charge in [0.05, 0.1) is 0 Å². The zero-order valence-corrected chi connectivity index (χ0v) is 11.2. The van der Waals surface area contributed by atoms with Crippen molar-refractivity contribution in [3.05, 3.63) is 35.5 Å². The summed E-state index contributed by atoms with van der Waals surface area (Å²) in [5, 5.41) is 13.8. The number of para-hydroxylation sites is 1. The third-order valence-electron chi connectivity index (χ3n) is 3.97. The fraction of sp³-hybridized carbons (Fsp3) is 0.400. The van der Waals surface area contributed by atoms with Crippen molar-refractivity contribution in [2.45, 2.75) is 25.2 Å². The van der Waals surface area contributed by atoms with Crippen molar-refractivity contribution in [1.82, 2.24) is 10.3 Å². The van der Waals surface area contributed by atoms with E-state index < -0.39 is 11.9 Å². The number of aromatic nitrogens is 1. The van der Waals surface area contributed by atoms with Crippen LogP contribution in [0.15, 0.2) is 24.3 Å². The van der Waals surface area contributed by atoms with Crippen LogP contribution in [0.25, 0.3) is 10.9 Å². The van der Waals surface area contributed by atoms with Crippen molar-refractivity contribution < 1.29 is 9.90 Å². The molecule has 0 spiro atoms. The zero-order chi connectivity index (χ0) is 13.6. The van der Waals surface area contributed by atoms with Gasteiger partial charge in [-0.15, -0.1) is 0 Å². The molecule has 0 aliphatic carbocycles. The fourth-order valence-electron chi connectivity index (χ4n) is 3.08. The van der Waals surface area contributed by atoms with Crippen LogP contribution >= 0.6 is 0 Å². The molecule has 3 N–H and O–H groups in total. The van der Waals surface area contributed by atoms with E-state index in [1.807, 2.05) is 18.2 Å². The molecular weight excluding hydrogens is 240 g/mol. The Morgan fingerprint density at radius 1 is 1.37 bits per heavy atom. The molecule has 0 amide bonds. The molecule has 1 aliphatic heterocycles. The molecule has 2 aromatic rings. The van der Waals surface area contributed by atoms with E-state index in [1.165, 1.54) is 0 Å². The van der Waals surface area contributed by atoms with E-state index in [0.717, 1.165) is 28.7 Å².